The van der Waals surface area contributed by atoms with Crippen molar-refractivity contribution in [2.24, 2.45) is 5.92 Å². The second-order valence-electron chi connectivity index (χ2n) is 11.6. The van der Waals surface area contributed by atoms with E-state index in [9.17, 15) is 19.2 Å². The van der Waals surface area contributed by atoms with Gasteiger partial charge in [-0.1, -0.05) is 58.8 Å². The van der Waals surface area contributed by atoms with Gasteiger partial charge in [0, 0.05) is 70.3 Å². The van der Waals surface area contributed by atoms with Crippen LogP contribution in [0.4, 0.5) is 0 Å². The van der Waals surface area contributed by atoms with E-state index in [0.29, 0.717) is 63.6 Å². The van der Waals surface area contributed by atoms with Gasteiger partial charge in [-0.3, -0.25) is 24.5 Å². The third kappa shape index (κ3) is 6.43. The number of piperidine rings is 2. The third-order valence-corrected chi connectivity index (χ3v) is 9.78. The smallest absolute Gasteiger partial charge is 0.255 e. The second-order valence-corrected chi connectivity index (χ2v) is 12.8. The van der Waals surface area contributed by atoms with E-state index < -0.39 is 11.9 Å². The number of benzene rings is 2. The minimum atomic E-state index is -0.669. The molecule has 0 spiro atoms. The topological polar surface area (TPSA) is 105 Å². The van der Waals surface area contributed by atoms with Crippen molar-refractivity contribution in [1.29, 1.82) is 0 Å². The van der Waals surface area contributed by atoms with Crippen molar-refractivity contribution in [3.8, 4) is 11.8 Å². The molecule has 1 N–H and O–H groups in total. The van der Waals surface area contributed by atoms with Crippen LogP contribution in [0.15, 0.2) is 42.5 Å². The summed E-state index contributed by atoms with van der Waals surface area (Å²) in [5.74, 6) is 5.62. The highest BCUT2D eigenvalue weighted by atomic mass is 35.5. The number of carbonyl (C=O) groups is 4. The van der Waals surface area contributed by atoms with Gasteiger partial charge in [0.1, 0.15) is 11.2 Å². The molecule has 6 rings (SSSR count). The molecule has 1 aromatic heterocycles. The number of carbonyl (C=O) groups excluding carboxylic acids is 4. The summed E-state index contributed by atoms with van der Waals surface area (Å²) in [5, 5.41) is 8.29. The van der Waals surface area contributed by atoms with Gasteiger partial charge in [0.15, 0.2) is 0 Å². The lowest BCUT2D eigenvalue weighted by Gasteiger charge is -2.29. The molecule has 236 valence electrons. The fraction of sp³-hybridized carbons (Fsp3) is 0.324. The number of hydrogen-bond acceptors (Lipinski definition) is 5. The molecule has 46 heavy (non-hydrogen) atoms. The fourth-order valence-electron chi connectivity index (χ4n) is 6.08. The Hall–Kier alpha value is -4.10. The maximum absolute atomic E-state index is 13.1. The predicted octanol–water partition coefficient (Wildman–Crippen LogP) is 5.26. The van der Waals surface area contributed by atoms with Crippen molar-refractivity contribution in [1.82, 2.24) is 24.9 Å². The van der Waals surface area contributed by atoms with Crippen LogP contribution in [0, 0.1) is 24.7 Å². The number of likely N-dealkylation sites (tertiary alicyclic amines) is 1. The molecule has 2 saturated heterocycles. The highest BCUT2D eigenvalue weighted by Gasteiger charge is 2.39. The first-order valence-electron chi connectivity index (χ1n) is 15.0. The van der Waals surface area contributed by atoms with Gasteiger partial charge in [0.05, 0.1) is 12.2 Å². The van der Waals surface area contributed by atoms with Crippen LogP contribution in [0.25, 0.3) is 6.08 Å². The van der Waals surface area contributed by atoms with E-state index in [1.807, 2.05) is 13.0 Å². The number of nitrogens with zero attached hydrogens (tertiary/aromatic N) is 4. The average molecular weight is 679 g/mol. The summed E-state index contributed by atoms with van der Waals surface area (Å²) < 4.78 is 1.61. The Bertz CT molecular complexity index is 1830. The Morgan fingerprint density at radius 1 is 1.04 bits per heavy atom. The Kier molecular flexibility index (Phi) is 9.23. The van der Waals surface area contributed by atoms with Crippen LogP contribution in [-0.2, 0) is 27.5 Å². The van der Waals surface area contributed by atoms with E-state index in [1.54, 1.807) is 46.0 Å². The molecule has 0 radical (unpaired) electrons. The number of rotatable bonds is 5. The number of halogens is 3. The second kappa shape index (κ2) is 13.3. The zero-order valence-corrected chi connectivity index (χ0v) is 27.3. The van der Waals surface area contributed by atoms with Gasteiger partial charge in [-0.25, -0.2) is 4.68 Å². The highest BCUT2D eigenvalue weighted by molar-refractivity contribution is 6.36. The average Bonchev–Trinajstić information content (AvgIpc) is 3.51. The van der Waals surface area contributed by atoms with E-state index in [4.69, 9.17) is 34.8 Å². The Labute approximate surface area is 281 Å². The zero-order valence-electron chi connectivity index (χ0n) is 25.0. The first-order valence-corrected chi connectivity index (χ1v) is 16.1. The maximum atomic E-state index is 13.1. The molecule has 9 nitrogen and oxygen atoms in total. The van der Waals surface area contributed by atoms with Crippen molar-refractivity contribution < 1.29 is 19.2 Å². The Balaban J connectivity index is 1.06. The molecule has 3 aromatic rings. The molecule has 4 heterocycles. The highest BCUT2D eigenvalue weighted by Crippen LogP contribution is 2.31. The third-order valence-electron chi connectivity index (χ3n) is 8.67. The molecular weight excluding hydrogens is 649 g/mol. The SMILES string of the molecule is Cc1nn(Cc2c(Cl)cccc2Cl)c(Cl)c1C=CC(=O)N1CCC(C#Cc2cccc3c2CN(C2CCC(=O)NC2=O)C3=O)CC1. The van der Waals surface area contributed by atoms with Crippen LogP contribution in [0.2, 0.25) is 15.2 Å². The van der Waals surface area contributed by atoms with Gasteiger partial charge in [0.25, 0.3) is 5.91 Å². The maximum Gasteiger partial charge on any atom is 0.255 e. The Morgan fingerprint density at radius 2 is 1.76 bits per heavy atom. The predicted molar refractivity (Wildman–Crippen MR) is 175 cm³/mol. The van der Waals surface area contributed by atoms with Gasteiger partial charge in [-0.15, -0.1) is 0 Å². The molecular formula is C34H30Cl3N5O4. The van der Waals surface area contributed by atoms with Crippen molar-refractivity contribution in [2.45, 2.75) is 51.7 Å². The zero-order chi connectivity index (χ0) is 32.5. The van der Waals surface area contributed by atoms with Crippen LogP contribution in [0.3, 0.4) is 0 Å². The lowest BCUT2D eigenvalue weighted by Crippen LogP contribution is -2.52. The van der Waals surface area contributed by atoms with Crippen LogP contribution < -0.4 is 5.32 Å². The molecule has 12 heteroatoms. The lowest BCUT2D eigenvalue weighted by molar-refractivity contribution is -0.137. The number of hydrogen-bond donors (Lipinski definition) is 1. The van der Waals surface area contributed by atoms with Crippen molar-refractivity contribution in [3.63, 3.8) is 0 Å². The molecule has 0 aliphatic carbocycles. The minimum absolute atomic E-state index is 0.0961. The summed E-state index contributed by atoms with van der Waals surface area (Å²) >= 11 is 19.3. The number of amides is 4. The summed E-state index contributed by atoms with van der Waals surface area (Å²) in [5.41, 5.74) is 4.15. The van der Waals surface area contributed by atoms with Crippen molar-refractivity contribution in [3.05, 3.63) is 91.2 Å². The molecule has 1 atom stereocenters. The van der Waals surface area contributed by atoms with Crippen molar-refractivity contribution >= 4 is 64.5 Å². The number of nitrogens with one attached hydrogen (secondary N) is 1. The molecule has 0 saturated carbocycles. The normalized spacial score (nSPS) is 18.5. The minimum Gasteiger partial charge on any atom is -0.339 e. The molecule has 3 aliphatic heterocycles. The van der Waals surface area contributed by atoms with Gasteiger partial charge in [-0.05, 0) is 62.1 Å². The number of imide groups is 1. The van der Waals surface area contributed by atoms with Gasteiger partial charge < -0.3 is 9.80 Å². The number of aryl methyl sites for hydroxylation is 1. The quantitative estimate of drug-likeness (QED) is 0.225. The van der Waals surface area contributed by atoms with Crippen LogP contribution in [0.1, 0.15) is 64.0 Å². The van der Waals surface area contributed by atoms with E-state index >= 15 is 0 Å². The molecule has 1 unspecified atom stereocenters. The van der Waals surface area contributed by atoms with Gasteiger partial charge in [-0.2, -0.15) is 5.10 Å². The van der Waals surface area contributed by atoms with Gasteiger partial charge in [0.2, 0.25) is 17.7 Å². The Morgan fingerprint density at radius 3 is 2.48 bits per heavy atom. The van der Waals surface area contributed by atoms with E-state index in [0.717, 1.165) is 24.0 Å². The van der Waals surface area contributed by atoms with Crippen LogP contribution in [0.5, 0.6) is 0 Å². The van der Waals surface area contributed by atoms with E-state index in [-0.39, 0.29) is 36.6 Å². The van der Waals surface area contributed by atoms with E-state index in [2.05, 4.69) is 22.3 Å². The summed E-state index contributed by atoms with van der Waals surface area (Å²) in [6.45, 7) is 3.53. The summed E-state index contributed by atoms with van der Waals surface area (Å²) in [6.07, 6.45) is 5.18. The van der Waals surface area contributed by atoms with Crippen LogP contribution >= 0.6 is 34.8 Å². The lowest BCUT2D eigenvalue weighted by atomic mass is 9.96. The molecule has 3 aliphatic rings. The fourth-order valence-corrected chi connectivity index (χ4v) is 6.90. The van der Waals surface area contributed by atoms with Gasteiger partial charge >= 0.3 is 0 Å². The monoisotopic (exact) mass is 677 g/mol. The van der Waals surface area contributed by atoms with Crippen molar-refractivity contribution in [2.75, 3.05) is 13.1 Å². The number of aromatic nitrogens is 2. The molecule has 4 amide bonds. The standard InChI is InChI=1S/C34H30Cl3N5O4/c1-20-23(32(37)42(39-20)19-26-27(35)6-3-7-28(26)36)10-13-31(44)40-16-14-21(15-17-40)8-9-22-4-2-5-24-25(22)18-41(34(24)46)29-11-12-30(43)38-33(29)45/h2-7,10,13,21,29H,11-12,14-19H2,1H3,(H,38,43,45). The molecule has 2 aromatic carbocycles. The largest absolute Gasteiger partial charge is 0.339 e. The first-order chi connectivity index (χ1) is 22.1. The van der Waals surface area contributed by atoms with Crippen LogP contribution in [-0.4, -0.2) is 62.3 Å². The first kappa shape index (κ1) is 31.9. The van der Waals surface area contributed by atoms with E-state index in [1.165, 1.54) is 11.0 Å². The summed E-state index contributed by atoms with van der Waals surface area (Å²) in [4.78, 5) is 53.5. The molecule has 0 bridgehead atoms. The summed E-state index contributed by atoms with van der Waals surface area (Å²) in [7, 11) is 0. The molecule has 2 fully saturated rings. The summed E-state index contributed by atoms with van der Waals surface area (Å²) in [6, 6.07) is 10.1. The number of fused-ring (bicyclic) bond motifs is 1.